The molecular weight excluding hydrogens is 350 g/mol. The molecule has 0 aliphatic heterocycles. The van der Waals surface area contributed by atoms with Crippen LogP contribution in [-0.4, -0.2) is 24.5 Å². The van der Waals surface area contributed by atoms with Crippen LogP contribution in [0.25, 0.3) is 0 Å². The largest absolute Gasteiger partial charge is 0.337 e. The van der Waals surface area contributed by atoms with E-state index in [1.54, 1.807) is 24.0 Å². The summed E-state index contributed by atoms with van der Waals surface area (Å²) in [6.45, 7) is 1.30. The van der Waals surface area contributed by atoms with Gasteiger partial charge in [0.25, 0.3) is 10.0 Å². The number of unbranched alkanes of at least 4 members (excludes halogenated alkanes) is 1. The Kier molecular flexibility index (Phi) is 5.14. The number of rotatable bonds is 7. The molecule has 0 aliphatic rings. The zero-order chi connectivity index (χ0) is 13.7. The van der Waals surface area contributed by atoms with Gasteiger partial charge in [0.15, 0.2) is 0 Å². The van der Waals surface area contributed by atoms with Gasteiger partial charge >= 0.3 is 0 Å². The predicted molar refractivity (Wildman–Crippen MR) is 78.7 cm³/mol. The SMILES string of the molecule is O=S(=O)(NCCCCn1ccnc1)c1sccc1Br. The Morgan fingerprint density at radius 1 is 1.42 bits per heavy atom. The van der Waals surface area contributed by atoms with Gasteiger partial charge in [-0.3, -0.25) is 0 Å². The molecule has 1 N–H and O–H groups in total. The van der Waals surface area contributed by atoms with Crippen LogP contribution in [0.3, 0.4) is 0 Å². The van der Waals surface area contributed by atoms with Crippen molar-refractivity contribution in [3.05, 3.63) is 34.6 Å². The molecule has 0 aromatic carbocycles. The molecule has 104 valence electrons. The van der Waals surface area contributed by atoms with Crippen LogP contribution in [0, 0.1) is 0 Å². The van der Waals surface area contributed by atoms with Gasteiger partial charge in [0.05, 0.1) is 6.33 Å². The molecule has 0 atom stereocenters. The van der Waals surface area contributed by atoms with Gasteiger partial charge in [-0.25, -0.2) is 18.1 Å². The van der Waals surface area contributed by atoms with Crippen LogP contribution in [0.4, 0.5) is 0 Å². The summed E-state index contributed by atoms with van der Waals surface area (Å²) in [6, 6.07) is 1.73. The molecule has 2 aromatic rings. The quantitative estimate of drug-likeness (QED) is 0.768. The van der Waals surface area contributed by atoms with Crippen molar-refractivity contribution < 1.29 is 8.42 Å². The lowest BCUT2D eigenvalue weighted by molar-refractivity contribution is 0.567. The van der Waals surface area contributed by atoms with E-state index in [1.807, 2.05) is 10.8 Å². The molecule has 2 rings (SSSR count). The second-order valence-electron chi connectivity index (χ2n) is 3.96. The molecule has 8 heteroatoms. The molecule has 0 spiro atoms. The maximum atomic E-state index is 12.0. The average Bonchev–Trinajstić information content (AvgIpc) is 2.99. The number of thiophene rings is 1. The fourth-order valence-corrected chi connectivity index (χ4v) is 5.04. The first kappa shape index (κ1) is 14.7. The summed E-state index contributed by atoms with van der Waals surface area (Å²) in [4.78, 5) is 3.95. The van der Waals surface area contributed by atoms with E-state index >= 15 is 0 Å². The van der Waals surface area contributed by atoms with E-state index in [0.717, 1.165) is 19.4 Å². The number of sulfonamides is 1. The molecule has 0 saturated carbocycles. The fourth-order valence-electron chi connectivity index (χ4n) is 1.58. The van der Waals surface area contributed by atoms with E-state index in [1.165, 1.54) is 11.3 Å². The second kappa shape index (κ2) is 6.65. The topological polar surface area (TPSA) is 64.0 Å². The Labute approximate surface area is 124 Å². The Morgan fingerprint density at radius 2 is 2.26 bits per heavy atom. The Balaban J connectivity index is 1.75. The van der Waals surface area contributed by atoms with Crippen molar-refractivity contribution in [2.75, 3.05) is 6.54 Å². The van der Waals surface area contributed by atoms with Gasteiger partial charge in [-0.15, -0.1) is 11.3 Å². The monoisotopic (exact) mass is 363 g/mol. The smallest absolute Gasteiger partial charge is 0.251 e. The lowest BCUT2D eigenvalue weighted by Gasteiger charge is -2.06. The van der Waals surface area contributed by atoms with Crippen molar-refractivity contribution in [2.45, 2.75) is 23.6 Å². The molecule has 0 unspecified atom stereocenters. The van der Waals surface area contributed by atoms with Gasteiger partial charge in [0.1, 0.15) is 4.21 Å². The van der Waals surface area contributed by atoms with Crippen LogP contribution < -0.4 is 4.72 Å². The van der Waals surface area contributed by atoms with Crippen molar-refractivity contribution >= 4 is 37.3 Å². The number of aromatic nitrogens is 2. The highest BCUT2D eigenvalue weighted by Gasteiger charge is 2.18. The van der Waals surface area contributed by atoms with E-state index in [4.69, 9.17) is 0 Å². The van der Waals surface area contributed by atoms with Crippen molar-refractivity contribution in [3.63, 3.8) is 0 Å². The third-order valence-corrected chi connectivity index (χ3v) is 6.65. The Morgan fingerprint density at radius 3 is 2.89 bits per heavy atom. The maximum absolute atomic E-state index is 12.0. The van der Waals surface area contributed by atoms with E-state index < -0.39 is 10.0 Å². The Bertz CT molecular complexity index is 608. The molecule has 0 aliphatic carbocycles. The maximum Gasteiger partial charge on any atom is 0.251 e. The number of nitrogens with zero attached hydrogens (tertiary/aromatic N) is 2. The predicted octanol–water partition coefficient (Wildman–Crippen LogP) is 2.47. The third kappa shape index (κ3) is 4.13. The number of hydrogen-bond acceptors (Lipinski definition) is 4. The van der Waals surface area contributed by atoms with Gasteiger partial charge in [0.2, 0.25) is 0 Å². The molecule has 0 bridgehead atoms. The molecule has 2 heterocycles. The first-order chi connectivity index (χ1) is 9.09. The molecule has 2 aromatic heterocycles. The lowest BCUT2D eigenvalue weighted by Crippen LogP contribution is -2.24. The molecule has 0 saturated heterocycles. The van der Waals surface area contributed by atoms with Crippen molar-refractivity contribution in [3.8, 4) is 0 Å². The van der Waals surface area contributed by atoms with E-state index in [0.29, 0.717) is 15.2 Å². The van der Waals surface area contributed by atoms with Gasteiger partial charge < -0.3 is 4.57 Å². The fraction of sp³-hybridized carbons (Fsp3) is 0.364. The molecule has 0 amide bonds. The zero-order valence-electron chi connectivity index (χ0n) is 10.1. The van der Waals surface area contributed by atoms with Crippen molar-refractivity contribution in [1.29, 1.82) is 0 Å². The summed E-state index contributed by atoms with van der Waals surface area (Å²) in [6.07, 6.45) is 7.09. The first-order valence-electron chi connectivity index (χ1n) is 5.78. The highest BCUT2D eigenvalue weighted by atomic mass is 79.9. The summed E-state index contributed by atoms with van der Waals surface area (Å²) < 4.78 is 29.5. The number of nitrogens with one attached hydrogen (secondary N) is 1. The third-order valence-electron chi connectivity index (χ3n) is 2.52. The Hall–Kier alpha value is -0.700. The molecule has 19 heavy (non-hydrogen) atoms. The van der Waals surface area contributed by atoms with Crippen LogP contribution >= 0.6 is 27.3 Å². The molecule has 0 radical (unpaired) electrons. The number of halogens is 1. The van der Waals surface area contributed by atoms with E-state index in [2.05, 4.69) is 25.6 Å². The van der Waals surface area contributed by atoms with Crippen LogP contribution in [0.5, 0.6) is 0 Å². The summed E-state index contributed by atoms with van der Waals surface area (Å²) in [7, 11) is -3.38. The molecule has 0 fully saturated rings. The summed E-state index contributed by atoms with van der Waals surface area (Å²) in [5, 5.41) is 1.75. The summed E-state index contributed by atoms with van der Waals surface area (Å²) in [5.41, 5.74) is 0. The van der Waals surface area contributed by atoms with Gasteiger partial charge in [-0.05, 0) is 40.2 Å². The van der Waals surface area contributed by atoms with Crippen LogP contribution in [-0.2, 0) is 16.6 Å². The molecule has 5 nitrogen and oxygen atoms in total. The van der Waals surface area contributed by atoms with Gasteiger partial charge in [-0.1, -0.05) is 0 Å². The minimum absolute atomic E-state index is 0.335. The lowest BCUT2D eigenvalue weighted by atomic mass is 10.3. The highest BCUT2D eigenvalue weighted by molar-refractivity contribution is 9.10. The van der Waals surface area contributed by atoms with Crippen molar-refractivity contribution in [2.24, 2.45) is 0 Å². The second-order valence-corrected chi connectivity index (χ2v) is 7.69. The summed E-state index contributed by atoms with van der Waals surface area (Å²) in [5.74, 6) is 0. The number of hydrogen-bond donors (Lipinski definition) is 1. The minimum Gasteiger partial charge on any atom is -0.337 e. The zero-order valence-corrected chi connectivity index (χ0v) is 13.3. The highest BCUT2D eigenvalue weighted by Crippen LogP contribution is 2.27. The van der Waals surface area contributed by atoms with Crippen LogP contribution in [0.1, 0.15) is 12.8 Å². The minimum atomic E-state index is -3.38. The number of imidazole rings is 1. The first-order valence-corrected chi connectivity index (χ1v) is 8.93. The standard InChI is InChI=1S/C11H14BrN3O2S2/c12-10-3-8-18-11(10)19(16,17)14-4-1-2-6-15-7-5-13-9-15/h3,5,7-9,14H,1-2,4,6H2. The molecular formula is C11H14BrN3O2S2. The van der Waals surface area contributed by atoms with Gasteiger partial charge in [-0.2, -0.15) is 0 Å². The number of aryl methyl sites for hydroxylation is 1. The van der Waals surface area contributed by atoms with Crippen LogP contribution in [0.15, 0.2) is 38.8 Å². The summed E-state index contributed by atoms with van der Waals surface area (Å²) >= 11 is 4.44. The average molecular weight is 364 g/mol. The normalized spacial score (nSPS) is 11.8. The van der Waals surface area contributed by atoms with Crippen LogP contribution in [0.2, 0.25) is 0 Å². The van der Waals surface area contributed by atoms with E-state index in [9.17, 15) is 8.42 Å². The van der Waals surface area contributed by atoms with E-state index in [-0.39, 0.29) is 0 Å². The van der Waals surface area contributed by atoms with Gasteiger partial charge in [0, 0.05) is 30.0 Å². The van der Waals surface area contributed by atoms with Crippen molar-refractivity contribution in [1.82, 2.24) is 14.3 Å².